The van der Waals surface area contributed by atoms with E-state index in [4.69, 9.17) is 11.6 Å². The van der Waals surface area contributed by atoms with Crippen molar-refractivity contribution in [2.45, 2.75) is 50.5 Å². The molecule has 0 spiro atoms. The van der Waals surface area contributed by atoms with Gasteiger partial charge in [-0.2, -0.15) is 0 Å². The Kier molecular flexibility index (Phi) is 6.30. The van der Waals surface area contributed by atoms with Crippen LogP contribution in [0.5, 0.6) is 0 Å². The average molecular weight is 434 g/mol. The molecular weight excluding hydrogens is 410 g/mol. The quantitative estimate of drug-likeness (QED) is 0.753. The third kappa shape index (κ3) is 5.05. The van der Waals surface area contributed by atoms with E-state index in [0.717, 1.165) is 37.2 Å². The fraction of sp³-hybridized carbons (Fsp3) is 0.500. The number of hydrogen-bond donors (Lipinski definition) is 2. The number of carbonyl (C=O) groups is 2. The van der Waals surface area contributed by atoms with Crippen molar-refractivity contribution < 1.29 is 9.59 Å². The highest BCUT2D eigenvalue weighted by molar-refractivity contribution is 7.13. The minimum atomic E-state index is -0.289. The maximum Gasteiger partial charge on any atom is 0.317 e. The van der Waals surface area contributed by atoms with Gasteiger partial charge in [-0.05, 0) is 49.9 Å². The van der Waals surface area contributed by atoms with Crippen molar-refractivity contribution in [2.24, 2.45) is 0 Å². The summed E-state index contributed by atoms with van der Waals surface area (Å²) in [4.78, 5) is 26.9. The fourth-order valence-corrected chi connectivity index (χ4v) is 4.90. The van der Waals surface area contributed by atoms with Crippen molar-refractivity contribution >= 4 is 40.6 Å². The third-order valence-corrected chi connectivity index (χ3v) is 6.81. The number of halogens is 1. The van der Waals surface area contributed by atoms with Gasteiger partial charge in [-0.1, -0.05) is 35.8 Å². The van der Waals surface area contributed by atoms with E-state index in [2.05, 4.69) is 20.8 Å². The summed E-state index contributed by atoms with van der Waals surface area (Å²) < 4.78 is 0. The molecule has 154 valence electrons. The molecule has 2 aromatic rings. The first-order valence-electron chi connectivity index (χ1n) is 10.0. The summed E-state index contributed by atoms with van der Waals surface area (Å²) in [6, 6.07) is 7.25. The number of hydrogen-bond acceptors (Lipinski definition) is 5. The molecule has 1 saturated carbocycles. The summed E-state index contributed by atoms with van der Waals surface area (Å²) in [7, 11) is 0. The molecule has 0 unspecified atom stereocenters. The number of likely N-dealkylation sites (tertiary alicyclic amines) is 1. The standard InChI is InChI=1S/C20H24ClN5O2S/c21-14-7-9-16(10-8-14)22-17(27)19-25-24-18(29-19)13-4-3-11-26(12-13)20(28)23-15-5-1-2-6-15/h7-10,13,15H,1-6,11-12H2,(H,22,27)(H,23,28)/t13-/m1/s1. The van der Waals surface area contributed by atoms with Gasteiger partial charge in [0.15, 0.2) is 0 Å². The lowest BCUT2D eigenvalue weighted by Gasteiger charge is -2.32. The van der Waals surface area contributed by atoms with Crippen LogP contribution in [0, 0.1) is 0 Å². The van der Waals surface area contributed by atoms with E-state index in [-0.39, 0.29) is 17.9 Å². The van der Waals surface area contributed by atoms with Crippen molar-refractivity contribution in [1.29, 1.82) is 0 Å². The first kappa shape index (κ1) is 20.1. The number of urea groups is 1. The molecule has 2 aliphatic rings. The van der Waals surface area contributed by atoms with Gasteiger partial charge in [0.1, 0.15) is 5.01 Å². The molecule has 1 aliphatic carbocycles. The molecule has 1 atom stereocenters. The fourth-order valence-electron chi connectivity index (χ4n) is 3.91. The number of benzene rings is 1. The molecule has 2 heterocycles. The molecule has 1 aromatic heterocycles. The van der Waals surface area contributed by atoms with Crippen molar-refractivity contribution in [3.63, 3.8) is 0 Å². The normalized spacial score (nSPS) is 19.9. The minimum Gasteiger partial charge on any atom is -0.335 e. The summed E-state index contributed by atoms with van der Waals surface area (Å²) in [5.74, 6) is -0.171. The molecule has 29 heavy (non-hydrogen) atoms. The first-order chi connectivity index (χ1) is 14.1. The van der Waals surface area contributed by atoms with Gasteiger partial charge >= 0.3 is 6.03 Å². The molecule has 1 saturated heterocycles. The van der Waals surface area contributed by atoms with E-state index in [1.54, 1.807) is 24.3 Å². The number of rotatable bonds is 4. The summed E-state index contributed by atoms with van der Waals surface area (Å²) >= 11 is 7.17. The number of anilines is 1. The molecule has 2 fully saturated rings. The predicted molar refractivity (Wildman–Crippen MR) is 114 cm³/mol. The van der Waals surface area contributed by atoms with Gasteiger partial charge in [-0.3, -0.25) is 4.79 Å². The topological polar surface area (TPSA) is 87.2 Å². The Hall–Kier alpha value is -2.19. The number of carbonyl (C=O) groups excluding carboxylic acids is 2. The molecule has 9 heteroatoms. The number of amides is 3. The summed E-state index contributed by atoms with van der Waals surface area (Å²) in [5, 5.41) is 16.0. The Labute approximate surface area is 178 Å². The van der Waals surface area contributed by atoms with Crippen molar-refractivity contribution in [2.75, 3.05) is 18.4 Å². The van der Waals surface area contributed by atoms with E-state index in [9.17, 15) is 9.59 Å². The number of piperidine rings is 1. The molecule has 1 aliphatic heterocycles. The van der Waals surface area contributed by atoms with E-state index in [1.165, 1.54) is 24.2 Å². The van der Waals surface area contributed by atoms with Crippen LogP contribution in [0.15, 0.2) is 24.3 Å². The van der Waals surface area contributed by atoms with Crippen molar-refractivity contribution in [1.82, 2.24) is 20.4 Å². The Morgan fingerprint density at radius 1 is 1.07 bits per heavy atom. The van der Waals surface area contributed by atoms with Crippen LogP contribution < -0.4 is 10.6 Å². The second-order valence-electron chi connectivity index (χ2n) is 7.62. The van der Waals surface area contributed by atoms with Gasteiger partial charge in [-0.15, -0.1) is 10.2 Å². The Morgan fingerprint density at radius 3 is 2.59 bits per heavy atom. The smallest absolute Gasteiger partial charge is 0.317 e. The highest BCUT2D eigenvalue weighted by atomic mass is 35.5. The van der Waals surface area contributed by atoms with Crippen molar-refractivity contribution in [3.05, 3.63) is 39.3 Å². The molecule has 3 amide bonds. The van der Waals surface area contributed by atoms with Crippen LogP contribution in [0.1, 0.15) is 59.3 Å². The van der Waals surface area contributed by atoms with Crippen LogP contribution in [0.2, 0.25) is 5.02 Å². The number of nitrogens with zero attached hydrogens (tertiary/aromatic N) is 3. The monoisotopic (exact) mass is 433 g/mol. The zero-order chi connectivity index (χ0) is 20.2. The van der Waals surface area contributed by atoms with E-state index in [1.807, 2.05) is 4.90 Å². The van der Waals surface area contributed by atoms with E-state index >= 15 is 0 Å². The summed E-state index contributed by atoms with van der Waals surface area (Å²) in [6.07, 6.45) is 6.41. The van der Waals surface area contributed by atoms with Gasteiger partial charge in [0, 0.05) is 35.8 Å². The van der Waals surface area contributed by atoms with Crippen LogP contribution >= 0.6 is 22.9 Å². The predicted octanol–water partition coefficient (Wildman–Crippen LogP) is 4.28. The zero-order valence-electron chi connectivity index (χ0n) is 16.1. The second kappa shape index (κ2) is 9.09. The second-order valence-corrected chi connectivity index (χ2v) is 9.07. The van der Waals surface area contributed by atoms with Gasteiger partial charge < -0.3 is 15.5 Å². The lowest BCUT2D eigenvalue weighted by atomic mass is 9.99. The average Bonchev–Trinajstić information content (AvgIpc) is 3.42. The van der Waals surface area contributed by atoms with Gasteiger partial charge in [0.05, 0.1) is 0 Å². The van der Waals surface area contributed by atoms with Gasteiger partial charge in [-0.25, -0.2) is 4.79 Å². The maximum atomic E-state index is 12.6. The highest BCUT2D eigenvalue weighted by Crippen LogP contribution is 2.30. The Morgan fingerprint density at radius 2 is 1.83 bits per heavy atom. The van der Waals surface area contributed by atoms with Crippen LogP contribution in [0.4, 0.5) is 10.5 Å². The number of nitrogens with one attached hydrogen (secondary N) is 2. The minimum absolute atomic E-state index is 0.0202. The largest absolute Gasteiger partial charge is 0.335 e. The van der Waals surface area contributed by atoms with Crippen LogP contribution in [0.3, 0.4) is 0 Å². The van der Waals surface area contributed by atoms with Crippen LogP contribution in [-0.2, 0) is 0 Å². The lowest BCUT2D eigenvalue weighted by molar-refractivity contribution is 0.102. The molecule has 0 radical (unpaired) electrons. The SMILES string of the molecule is O=C(Nc1ccc(Cl)cc1)c1nnc([C@@H]2CCCN(C(=O)NC3CCCC3)C2)s1. The number of aromatic nitrogens is 2. The summed E-state index contributed by atoms with van der Waals surface area (Å²) in [5.41, 5.74) is 0.656. The van der Waals surface area contributed by atoms with E-state index < -0.39 is 0 Å². The van der Waals surface area contributed by atoms with Crippen LogP contribution in [0.25, 0.3) is 0 Å². The first-order valence-corrected chi connectivity index (χ1v) is 11.2. The van der Waals surface area contributed by atoms with Crippen molar-refractivity contribution in [3.8, 4) is 0 Å². The highest BCUT2D eigenvalue weighted by Gasteiger charge is 2.29. The molecule has 7 nitrogen and oxygen atoms in total. The lowest BCUT2D eigenvalue weighted by Crippen LogP contribution is -2.47. The molecule has 2 N–H and O–H groups in total. The maximum absolute atomic E-state index is 12.6. The zero-order valence-corrected chi connectivity index (χ0v) is 17.6. The van der Waals surface area contributed by atoms with Crippen LogP contribution in [-0.4, -0.2) is 46.2 Å². The van der Waals surface area contributed by atoms with Gasteiger partial charge in [0.2, 0.25) is 5.01 Å². The van der Waals surface area contributed by atoms with Gasteiger partial charge in [0.25, 0.3) is 5.91 Å². The Balaban J connectivity index is 1.36. The molecule has 1 aromatic carbocycles. The third-order valence-electron chi connectivity index (χ3n) is 5.48. The molecule has 0 bridgehead atoms. The molecule has 4 rings (SSSR count). The Bertz CT molecular complexity index is 866. The summed E-state index contributed by atoms with van der Waals surface area (Å²) in [6.45, 7) is 1.38. The van der Waals surface area contributed by atoms with E-state index in [0.29, 0.717) is 28.3 Å². The molecular formula is C20H24ClN5O2S.